The van der Waals surface area contributed by atoms with Gasteiger partial charge in [-0.3, -0.25) is 4.79 Å². The van der Waals surface area contributed by atoms with Gasteiger partial charge in [0.2, 0.25) is 11.1 Å². The highest BCUT2D eigenvalue weighted by atomic mass is 32.2. The molecule has 0 atom stereocenters. The van der Waals surface area contributed by atoms with Crippen molar-refractivity contribution in [2.75, 3.05) is 11.1 Å². The van der Waals surface area contributed by atoms with Crippen LogP contribution >= 0.6 is 11.8 Å². The lowest BCUT2D eigenvalue weighted by atomic mass is 10.1. The van der Waals surface area contributed by atoms with Gasteiger partial charge in [-0.1, -0.05) is 37.2 Å². The molecule has 1 aromatic carbocycles. The van der Waals surface area contributed by atoms with Crippen LogP contribution in [0.15, 0.2) is 29.4 Å². The number of carbonyl (C=O) groups is 1. The van der Waals surface area contributed by atoms with E-state index in [-0.39, 0.29) is 11.7 Å². The molecule has 0 spiro atoms. The normalized spacial score (nSPS) is 10.6. The van der Waals surface area contributed by atoms with Gasteiger partial charge in [-0.2, -0.15) is 0 Å². The summed E-state index contributed by atoms with van der Waals surface area (Å²) in [4.78, 5) is 11.9. The number of nitrogens with one attached hydrogen (secondary N) is 1. The number of amides is 1. The summed E-state index contributed by atoms with van der Waals surface area (Å²) in [6.45, 7) is 2.18. The largest absolute Gasteiger partial charge is 0.325 e. The number of aromatic nitrogens is 4. The van der Waals surface area contributed by atoms with Gasteiger partial charge in [0.15, 0.2) is 0 Å². The maximum atomic E-state index is 11.9. The van der Waals surface area contributed by atoms with Crippen LogP contribution in [0.25, 0.3) is 0 Å². The quantitative estimate of drug-likeness (QED) is 0.795. The molecule has 21 heavy (non-hydrogen) atoms. The molecule has 0 aliphatic carbocycles. The topological polar surface area (TPSA) is 72.7 Å². The third-order valence-corrected chi connectivity index (χ3v) is 3.98. The van der Waals surface area contributed by atoms with Gasteiger partial charge in [-0.15, -0.1) is 5.10 Å². The zero-order valence-corrected chi connectivity index (χ0v) is 13.1. The van der Waals surface area contributed by atoms with Crippen molar-refractivity contribution in [3.05, 3.63) is 29.8 Å². The number of benzene rings is 1. The summed E-state index contributed by atoms with van der Waals surface area (Å²) in [5.74, 6) is 0.218. The lowest BCUT2D eigenvalue weighted by Gasteiger charge is -2.06. The van der Waals surface area contributed by atoms with E-state index in [0.717, 1.165) is 12.1 Å². The Labute approximate surface area is 128 Å². The fourth-order valence-corrected chi connectivity index (χ4v) is 2.46. The van der Waals surface area contributed by atoms with E-state index in [9.17, 15) is 4.79 Å². The minimum Gasteiger partial charge on any atom is -0.325 e. The van der Waals surface area contributed by atoms with Crippen LogP contribution in [0.3, 0.4) is 0 Å². The number of hydrogen-bond donors (Lipinski definition) is 1. The third-order valence-electron chi connectivity index (χ3n) is 2.97. The summed E-state index contributed by atoms with van der Waals surface area (Å²) in [6, 6.07) is 8.00. The molecule has 2 aromatic rings. The molecule has 2 rings (SSSR count). The Morgan fingerprint density at radius 1 is 1.33 bits per heavy atom. The number of thioether (sulfide) groups is 1. The standard InChI is InChI=1S/C14H19N5OS/c1-3-4-5-11-6-8-12(9-7-11)15-13(20)10-21-14-16-17-18-19(14)2/h6-9H,3-5,10H2,1-2H3,(H,15,20). The molecule has 0 bridgehead atoms. The number of aryl methyl sites for hydroxylation is 2. The SMILES string of the molecule is CCCCc1ccc(NC(=O)CSc2nnnn2C)cc1. The summed E-state index contributed by atoms with van der Waals surface area (Å²) in [5.41, 5.74) is 2.12. The van der Waals surface area contributed by atoms with Crippen LogP contribution < -0.4 is 5.32 Å². The molecule has 0 unspecified atom stereocenters. The highest BCUT2D eigenvalue weighted by Gasteiger charge is 2.08. The summed E-state index contributed by atoms with van der Waals surface area (Å²) >= 11 is 1.31. The van der Waals surface area contributed by atoms with Crippen LogP contribution in [0.4, 0.5) is 5.69 Å². The molecule has 0 radical (unpaired) electrons. The van der Waals surface area contributed by atoms with Gasteiger partial charge < -0.3 is 5.32 Å². The average Bonchev–Trinajstić information content (AvgIpc) is 2.90. The Balaban J connectivity index is 1.81. The van der Waals surface area contributed by atoms with Crippen molar-refractivity contribution in [2.45, 2.75) is 31.3 Å². The van der Waals surface area contributed by atoms with Gasteiger partial charge in [-0.05, 0) is 41.0 Å². The van der Waals surface area contributed by atoms with Crippen LogP contribution in [0.5, 0.6) is 0 Å². The summed E-state index contributed by atoms with van der Waals surface area (Å²) in [6.07, 6.45) is 3.46. The number of hydrogen-bond acceptors (Lipinski definition) is 5. The molecule has 1 heterocycles. The van der Waals surface area contributed by atoms with Crippen LogP contribution in [0.2, 0.25) is 0 Å². The van der Waals surface area contributed by atoms with Gasteiger partial charge in [-0.25, -0.2) is 4.68 Å². The Morgan fingerprint density at radius 2 is 2.10 bits per heavy atom. The molecule has 1 aromatic heterocycles. The van der Waals surface area contributed by atoms with Crippen molar-refractivity contribution < 1.29 is 4.79 Å². The average molecular weight is 305 g/mol. The van der Waals surface area contributed by atoms with Gasteiger partial charge in [0, 0.05) is 12.7 Å². The van der Waals surface area contributed by atoms with Crippen LogP contribution in [0.1, 0.15) is 25.3 Å². The minimum absolute atomic E-state index is 0.0655. The first-order valence-electron chi connectivity index (χ1n) is 6.93. The van der Waals surface area contributed by atoms with Crippen molar-refractivity contribution in [1.29, 1.82) is 0 Å². The Hall–Kier alpha value is -1.89. The summed E-state index contributed by atoms with van der Waals surface area (Å²) in [5, 5.41) is 14.6. The molecule has 0 aliphatic heterocycles. The first kappa shape index (κ1) is 15.5. The fourth-order valence-electron chi connectivity index (χ4n) is 1.81. The highest BCUT2D eigenvalue weighted by molar-refractivity contribution is 7.99. The van der Waals surface area contributed by atoms with E-state index in [2.05, 4.69) is 39.9 Å². The lowest BCUT2D eigenvalue weighted by Crippen LogP contribution is -2.14. The van der Waals surface area contributed by atoms with E-state index >= 15 is 0 Å². The van der Waals surface area contributed by atoms with Crippen molar-refractivity contribution in [3.63, 3.8) is 0 Å². The molecule has 0 saturated heterocycles. The van der Waals surface area contributed by atoms with Crippen molar-refractivity contribution >= 4 is 23.4 Å². The van der Waals surface area contributed by atoms with Crippen molar-refractivity contribution in [2.24, 2.45) is 7.05 Å². The number of anilines is 1. The molecule has 6 nitrogen and oxygen atoms in total. The third kappa shape index (κ3) is 4.86. The molecular formula is C14H19N5OS. The van der Waals surface area contributed by atoms with E-state index in [0.29, 0.717) is 5.16 Å². The number of unbranched alkanes of at least 4 members (excludes halogenated alkanes) is 1. The molecule has 1 N–H and O–H groups in total. The van der Waals surface area contributed by atoms with E-state index in [1.165, 1.54) is 30.2 Å². The molecule has 0 saturated carbocycles. The first-order valence-corrected chi connectivity index (χ1v) is 7.91. The molecule has 7 heteroatoms. The zero-order valence-electron chi connectivity index (χ0n) is 12.2. The predicted octanol–water partition coefficient (Wildman–Crippen LogP) is 2.28. The number of nitrogens with zero attached hydrogens (tertiary/aromatic N) is 4. The second-order valence-electron chi connectivity index (χ2n) is 4.72. The Morgan fingerprint density at radius 3 is 2.71 bits per heavy atom. The van der Waals surface area contributed by atoms with Crippen LogP contribution in [-0.4, -0.2) is 31.9 Å². The monoisotopic (exact) mass is 305 g/mol. The second-order valence-corrected chi connectivity index (χ2v) is 5.66. The maximum Gasteiger partial charge on any atom is 0.234 e. The summed E-state index contributed by atoms with van der Waals surface area (Å²) < 4.78 is 1.54. The van der Waals surface area contributed by atoms with E-state index in [4.69, 9.17) is 0 Å². The number of rotatable bonds is 7. The number of tetrazole rings is 1. The van der Waals surface area contributed by atoms with Crippen LogP contribution in [0, 0.1) is 0 Å². The van der Waals surface area contributed by atoms with Crippen LogP contribution in [-0.2, 0) is 18.3 Å². The highest BCUT2D eigenvalue weighted by Crippen LogP contribution is 2.15. The minimum atomic E-state index is -0.0655. The second kappa shape index (κ2) is 7.78. The smallest absolute Gasteiger partial charge is 0.234 e. The molecular weight excluding hydrogens is 286 g/mol. The molecule has 1 amide bonds. The van der Waals surface area contributed by atoms with E-state index in [1.807, 2.05) is 12.1 Å². The molecule has 0 fully saturated rings. The fraction of sp³-hybridized carbons (Fsp3) is 0.429. The summed E-state index contributed by atoms with van der Waals surface area (Å²) in [7, 11) is 1.75. The van der Waals surface area contributed by atoms with E-state index < -0.39 is 0 Å². The zero-order chi connectivity index (χ0) is 15.1. The Kier molecular flexibility index (Phi) is 5.74. The van der Waals surface area contributed by atoms with Gasteiger partial charge >= 0.3 is 0 Å². The van der Waals surface area contributed by atoms with Crippen molar-refractivity contribution in [3.8, 4) is 0 Å². The van der Waals surface area contributed by atoms with Gasteiger partial charge in [0.25, 0.3) is 0 Å². The van der Waals surface area contributed by atoms with Gasteiger partial charge in [0.05, 0.1) is 5.75 Å². The molecule has 0 aliphatic rings. The predicted molar refractivity (Wildman–Crippen MR) is 83.2 cm³/mol. The molecule has 112 valence electrons. The lowest BCUT2D eigenvalue weighted by molar-refractivity contribution is -0.113. The maximum absolute atomic E-state index is 11.9. The van der Waals surface area contributed by atoms with Gasteiger partial charge in [0.1, 0.15) is 0 Å². The van der Waals surface area contributed by atoms with Crippen molar-refractivity contribution in [1.82, 2.24) is 20.2 Å². The van der Waals surface area contributed by atoms with E-state index in [1.54, 1.807) is 11.7 Å². The Bertz CT molecular complexity index is 581. The number of carbonyl (C=O) groups excluding carboxylic acids is 1. The first-order chi connectivity index (χ1) is 10.2.